The molecular weight excluding hydrogens is 386 g/mol. The minimum atomic E-state index is -0.936. The number of fused-ring (bicyclic) bond motifs is 6. The van der Waals surface area contributed by atoms with Crippen molar-refractivity contribution in [1.82, 2.24) is 4.31 Å². The maximum Gasteiger partial charge on any atom is 0.307 e. The van der Waals surface area contributed by atoms with Gasteiger partial charge in [0.05, 0.1) is 18.1 Å². The first-order chi connectivity index (χ1) is 13.2. The van der Waals surface area contributed by atoms with Crippen LogP contribution in [-0.4, -0.2) is 52.1 Å². The van der Waals surface area contributed by atoms with E-state index in [1.165, 1.54) is 4.31 Å². The summed E-state index contributed by atoms with van der Waals surface area (Å²) in [4.78, 5) is 25.4. The van der Waals surface area contributed by atoms with Gasteiger partial charge in [-0.1, -0.05) is 19.7 Å². The number of thiol groups is 1. The minimum Gasteiger partial charge on any atom is -0.481 e. The van der Waals surface area contributed by atoms with Crippen molar-refractivity contribution < 1.29 is 33.6 Å². The predicted molar refractivity (Wildman–Crippen MR) is 98.4 cm³/mol. The summed E-state index contributed by atoms with van der Waals surface area (Å²) < 4.78 is 24.4. The van der Waals surface area contributed by atoms with Gasteiger partial charge in [-0.3, -0.25) is 13.9 Å². The topological polar surface area (TPSA) is 94.5 Å². The molecule has 0 radical (unpaired) electrons. The Kier molecular flexibility index (Phi) is 3.73. The average Bonchev–Trinajstić information content (AvgIpc) is 3.20. The molecule has 1 aromatic carbocycles. The summed E-state index contributed by atoms with van der Waals surface area (Å²) in [5, 5.41) is 10.1. The molecule has 1 saturated carbocycles. The zero-order valence-corrected chi connectivity index (χ0v) is 16.5. The number of aliphatic carboxylic acids is 1. The molecule has 1 N–H and O–H groups in total. The molecule has 0 spiro atoms. The van der Waals surface area contributed by atoms with Gasteiger partial charge in [-0.15, -0.1) is 0 Å². The third-order valence-corrected chi connectivity index (χ3v) is 6.70. The Bertz CT molecular complexity index is 887. The number of carbonyl (C=O) groups excluding carboxylic acids is 1. The quantitative estimate of drug-likeness (QED) is 0.688. The van der Waals surface area contributed by atoms with Crippen molar-refractivity contribution >= 4 is 24.7 Å². The van der Waals surface area contributed by atoms with E-state index in [2.05, 4.69) is 12.8 Å². The highest BCUT2D eigenvalue weighted by Crippen LogP contribution is 2.54. The Balaban J connectivity index is 1.71. The summed E-state index contributed by atoms with van der Waals surface area (Å²) in [7, 11) is 0. The lowest BCUT2D eigenvalue weighted by molar-refractivity contribution is -0.155. The lowest BCUT2D eigenvalue weighted by atomic mass is 9.63. The van der Waals surface area contributed by atoms with E-state index in [9.17, 15) is 14.7 Å². The highest BCUT2D eigenvalue weighted by atomic mass is 32.1. The van der Waals surface area contributed by atoms with Crippen molar-refractivity contribution in [3.8, 4) is 11.5 Å². The maximum atomic E-state index is 13.1. The minimum absolute atomic E-state index is 0.0691. The molecule has 2 fully saturated rings. The highest BCUT2D eigenvalue weighted by Gasteiger charge is 2.62. The number of hydrogen-bond acceptors (Lipinski definition) is 7. The van der Waals surface area contributed by atoms with E-state index in [4.69, 9.17) is 18.9 Å². The van der Waals surface area contributed by atoms with E-state index < -0.39 is 41.8 Å². The van der Waals surface area contributed by atoms with Gasteiger partial charge in [-0.25, -0.2) is 0 Å². The van der Waals surface area contributed by atoms with Crippen LogP contribution in [0.25, 0.3) is 0 Å². The summed E-state index contributed by atoms with van der Waals surface area (Å²) in [5.41, 5.74) is 1.02. The van der Waals surface area contributed by atoms with Crippen molar-refractivity contribution in [2.45, 2.75) is 50.7 Å². The second-order valence-electron chi connectivity index (χ2n) is 8.25. The van der Waals surface area contributed by atoms with Gasteiger partial charge in [0.2, 0.25) is 6.79 Å². The molecule has 3 heterocycles. The van der Waals surface area contributed by atoms with Crippen LogP contribution in [-0.2, 0) is 14.3 Å². The number of rotatable bonds is 1. The number of ether oxygens (including phenoxy) is 4. The van der Waals surface area contributed by atoms with E-state index in [0.29, 0.717) is 22.6 Å². The number of nitrogens with zero attached hydrogens (tertiary/aromatic N) is 1. The smallest absolute Gasteiger partial charge is 0.307 e. The fourth-order valence-electron chi connectivity index (χ4n) is 5.16. The Morgan fingerprint density at radius 3 is 2.54 bits per heavy atom. The molecule has 0 bridgehead atoms. The number of amides is 1. The normalized spacial score (nSPS) is 37.3. The van der Waals surface area contributed by atoms with Gasteiger partial charge < -0.3 is 24.1 Å². The zero-order valence-electron chi connectivity index (χ0n) is 15.6. The zero-order chi connectivity index (χ0) is 20.0. The molecule has 6 unspecified atom stereocenters. The fraction of sp³-hybridized carbons (Fsp3) is 0.579. The van der Waals surface area contributed by atoms with E-state index in [0.717, 1.165) is 0 Å². The van der Waals surface area contributed by atoms with Crippen molar-refractivity contribution in [3.63, 3.8) is 0 Å². The molecule has 8 nitrogen and oxygen atoms in total. The van der Waals surface area contributed by atoms with E-state index in [1.807, 2.05) is 6.92 Å². The molecule has 4 aliphatic rings. The van der Waals surface area contributed by atoms with Crippen LogP contribution in [0.5, 0.6) is 11.5 Å². The van der Waals surface area contributed by atoms with E-state index in [1.54, 1.807) is 26.0 Å². The van der Waals surface area contributed by atoms with Gasteiger partial charge >= 0.3 is 5.97 Å². The predicted octanol–water partition coefficient (Wildman–Crippen LogP) is 2.04. The summed E-state index contributed by atoms with van der Waals surface area (Å²) in [6.45, 7) is 5.52. The molecule has 9 heteroatoms. The van der Waals surface area contributed by atoms with Crippen molar-refractivity contribution in [1.29, 1.82) is 0 Å². The molecule has 5 rings (SSSR count). The number of carboxylic acids is 1. The van der Waals surface area contributed by atoms with E-state index in [-0.39, 0.29) is 18.6 Å². The van der Waals surface area contributed by atoms with Crippen LogP contribution >= 0.6 is 12.8 Å². The van der Waals surface area contributed by atoms with Crippen LogP contribution in [0.15, 0.2) is 12.1 Å². The third kappa shape index (κ3) is 2.33. The molecule has 28 heavy (non-hydrogen) atoms. The Labute approximate surface area is 167 Å². The molecule has 6 atom stereocenters. The number of carbonyl (C=O) groups is 2. The Hall–Kier alpha value is -1.97. The number of benzene rings is 1. The van der Waals surface area contributed by atoms with Gasteiger partial charge in [-0.05, 0) is 37.5 Å². The highest BCUT2D eigenvalue weighted by molar-refractivity contribution is 7.78. The van der Waals surface area contributed by atoms with E-state index >= 15 is 0 Å². The molecule has 3 aliphatic heterocycles. The Morgan fingerprint density at radius 2 is 1.86 bits per heavy atom. The molecule has 150 valence electrons. The van der Waals surface area contributed by atoms with Crippen LogP contribution < -0.4 is 9.47 Å². The van der Waals surface area contributed by atoms with Crippen LogP contribution in [0.3, 0.4) is 0 Å². The standard InChI is InChI=1S/C19H21NO7S/c1-7-12(18(22)23)13-8-4-10-11(25-6-24-10)5-9(8)17(21)20(28)14(13)16-15(7)26-19(2,3)27-16/h4-5,7,12-16,28H,6H2,1-3H3,(H,22,23). The molecule has 1 saturated heterocycles. The molecule has 1 aliphatic carbocycles. The van der Waals surface area contributed by atoms with Gasteiger partial charge in [0, 0.05) is 11.5 Å². The van der Waals surface area contributed by atoms with Crippen molar-refractivity contribution in [2.24, 2.45) is 11.8 Å². The summed E-state index contributed by atoms with van der Waals surface area (Å²) in [6.07, 6.45) is -0.930. The second kappa shape index (κ2) is 5.77. The first kappa shape index (κ1) is 18.1. The monoisotopic (exact) mass is 407 g/mol. The average molecular weight is 407 g/mol. The molecule has 0 aromatic heterocycles. The van der Waals surface area contributed by atoms with Gasteiger partial charge in [0.15, 0.2) is 17.3 Å². The largest absolute Gasteiger partial charge is 0.481 e. The van der Waals surface area contributed by atoms with Gasteiger partial charge in [0.25, 0.3) is 5.91 Å². The molecule has 1 aromatic rings. The maximum absolute atomic E-state index is 13.1. The summed E-state index contributed by atoms with van der Waals surface area (Å²) in [5.74, 6) is -2.73. The lowest BCUT2D eigenvalue weighted by Crippen LogP contribution is -2.61. The van der Waals surface area contributed by atoms with Crippen molar-refractivity contribution in [2.75, 3.05) is 6.79 Å². The van der Waals surface area contributed by atoms with Crippen LogP contribution in [0.1, 0.15) is 42.6 Å². The van der Waals surface area contributed by atoms with Gasteiger partial charge in [0.1, 0.15) is 6.10 Å². The summed E-state index contributed by atoms with van der Waals surface area (Å²) in [6, 6.07) is 2.77. The third-order valence-electron chi connectivity index (χ3n) is 6.25. The number of carboxylic acid groups (broad SMARTS) is 1. The SMILES string of the molecule is CC1C2OC(C)(C)OC2C2C(c3cc4c(cc3C(=O)N2S)OCO4)C1C(=O)O. The number of hydrogen-bond donors (Lipinski definition) is 2. The molecule has 1 amide bonds. The second-order valence-corrected chi connectivity index (χ2v) is 8.68. The first-order valence-corrected chi connectivity index (χ1v) is 9.64. The van der Waals surface area contributed by atoms with Crippen LogP contribution in [0.4, 0.5) is 0 Å². The van der Waals surface area contributed by atoms with Crippen LogP contribution in [0, 0.1) is 11.8 Å². The fourth-order valence-corrected chi connectivity index (χ4v) is 5.54. The van der Waals surface area contributed by atoms with Crippen LogP contribution in [0.2, 0.25) is 0 Å². The summed E-state index contributed by atoms with van der Waals surface area (Å²) >= 11 is 4.47. The first-order valence-electron chi connectivity index (χ1n) is 9.24. The Morgan fingerprint density at radius 1 is 1.21 bits per heavy atom. The van der Waals surface area contributed by atoms with Crippen molar-refractivity contribution in [3.05, 3.63) is 23.3 Å². The molecular formula is C19H21NO7S. The van der Waals surface area contributed by atoms with Gasteiger partial charge in [-0.2, -0.15) is 0 Å². The lowest BCUT2D eigenvalue weighted by Gasteiger charge is -2.50.